The molecule has 7 heteroatoms. The van der Waals surface area contributed by atoms with Crippen molar-refractivity contribution in [1.29, 1.82) is 0 Å². The molecule has 0 saturated heterocycles. The summed E-state index contributed by atoms with van der Waals surface area (Å²) in [5.74, 6) is 0.517. The second-order valence-corrected chi connectivity index (χ2v) is 4.26. The van der Waals surface area contributed by atoms with Gasteiger partial charge in [-0.05, 0) is 19.3 Å². The van der Waals surface area contributed by atoms with Crippen LogP contribution in [-0.4, -0.2) is 31.3 Å². The number of hydrogen-bond acceptors (Lipinski definition) is 4. The summed E-state index contributed by atoms with van der Waals surface area (Å²) < 4.78 is 9.44. The van der Waals surface area contributed by atoms with Gasteiger partial charge < -0.3 is 9.47 Å². The van der Waals surface area contributed by atoms with Crippen LogP contribution in [0.15, 0.2) is 10.2 Å². The maximum Gasteiger partial charge on any atom is 0.452 e. The summed E-state index contributed by atoms with van der Waals surface area (Å²) in [7, 11) is 0. The first-order valence-electron chi connectivity index (χ1n) is 6.52. The normalized spacial score (nSPS) is 10.6. The van der Waals surface area contributed by atoms with E-state index in [9.17, 15) is 9.59 Å². The average Bonchev–Trinajstić information content (AvgIpc) is 2.41. The topological polar surface area (TPSA) is 77.3 Å². The molecule has 0 aromatic carbocycles. The zero-order chi connectivity index (χ0) is 14.3. The van der Waals surface area contributed by atoms with E-state index in [1.807, 2.05) is 0 Å². The Morgan fingerprint density at radius 3 is 1.89 bits per heavy atom. The maximum atomic E-state index is 11.0. The highest BCUT2D eigenvalue weighted by Crippen LogP contribution is 2.00. The average molecular weight is 293 g/mol. The lowest BCUT2D eigenvalue weighted by atomic mass is 10.2. The minimum Gasteiger partial charge on any atom is -0.447 e. The molecule has 0 fully saturated rings. The Labute approximate surface area is 118 Å². The standard InChI is InChI=1S/C12H21ClN2O4/c1-2-3-4-6-9-18-11(16)14-15-12(17)19-10-7-5-8-13/h2-10H2,1H3. The summed E-state index contributed by atoms with van der Waals surface area (Å²) in [5, 5.41) is 6.20. The first kappa shape index (κ1) is 17.8. The number of carbonyl (C=O) groups excluding carboxylic acids is 2. The van der Waals surface area contributed by atoms with Crippen LogP contribution in [0.25, 0.3) is 0 Å². The van der Waals surface area contributed by atoms with Crippen LogP contribution in [0.4, 0.5) is 9.59 Å². The number of nitrogens with zero attached hydrogens (tertiary/aromatic N) is 2. The SMILES string of the molecule is CCCCCCOC(=O)N=NC(=O)OCCCCCl. The van der Waals surface area contributed by atoms with Gasteiger partial charge in [0, 0.05) is 5.88 Å². The van der Waals surface area contributed by atoms with E-state index in [1.54, 1.807) is 0 Å². The Bertz CT molecular complexity index is 285. The number of unbranched alkanes of at least 4 members (excludes halogenated alkanes) is 4. The summed E-state index contributed by atoms with van der Waals surface area (Å²) in [5.41, 5.74) is 0. The highest BCUT2D eigenvalue weighted by Gasteiger charge is 2.03. The number of hydrogen-bond donors (Lipinski definition) is 0. The summed E-state index contributed by atoms with van der Waals surface area (Å²) in [6, 6.07) is 0. The molecular weight excluding hydrogens is 272 g/mol. The van der Waals surface area contributed by atoms with Gasteiger partial charge in [-0.1, -0.05) is 36.4 Å². The van der Waals surface area contributed by atoms with E-state index in [0.717, 1.165) is 32.1 Å². The molecule has 6 nitrogen and oxygen atoms in total. The molecule has 0 atom stereocenters. The highest BCUT2D eigenvalue weighted by molar-refractivity contribution is 6.17. The molecule has 0 heterocycles. The lowest BCUT2D eigenvalue weighted by Gasteiger charge is -2.00. The van der Waals surface area contributed by atoms with Gasteiger partial charge in [0.25, 0.3) is 0 Å². The van der Waals surface area contributed by atoms with Crippen LogP contribution in [0.1, 0.15) is 45.4 Å². The Hall–Kier alpha value is -1.17. The van der Waals surface area contributed by atoms with E-state index < -0.39 is 12.2 Å². The highest BCUT2D eigenvalue weighted by atomic mass is 35.5. The molecule has 0 aliphatic rings. The molecule has 0 aliphatic heterocycles. The fraction of sp³-hybridized carbons (Fsp3) is 0.833. The van der Waals surface area contributed by atoms with E-state index in [4.69, 9.17) is 16.3 Å². The molecule has 0 aromatic heterocycles. The van der Waals surface area contributed by atoms with Crippen molar-refractivity contribution in [3.8, 4) is 0 Å². The second kappa shape index (κ2) is 13.3. The van der Waals surface area contributed by atoms with Crippen LogP contribution >= 0.6 is 11.6 Å². The van der Waals surface area contributed by atoms with Crippen molar-refractivity contribution in [2.45, 2.75) is 45.4 Å². The summed E-state index contributed by atoms with van der Waals surface area (Å²) in [6.07, 6.45) is 3.67. The van der Waals surface area contributed by atoms with Crippen LogP contribution in [-0.2, 0) is 9.47 Å². The number of carbonyl (C=O) groups is 2. The fourth-order valence-corrected chi connectivity index (χ4v) is 1.37. The number of alkyl halides is 1. The molecule has 0 N–H and O–H groups in total. The second-order valence-electron chi connectivity index (χ2n) is 3.89. The lowest BCUT2D eigenvalue weighted by Crippen LogP contribution is -2.03. The third-order valence-corrected chi connectivity index (χ3v) is 2.46. The molecule has 19 heavy (non-hydrogen) atoms. The first-order chi connectivity index (χ1) is 9.20. The third-order valence-electron chi connectivity index (χ3n) is 2.19. The smallest absolute Gasteiger partial charge is 0.447 e. The minimum absolute atomic E-state index is 0.219. The molecule has 0 rings (SSSR count). The van der Waals surface area contributed by atoms with Crippen molar-refractivity contribution >= 4 is 23.8 Å². The summed E-state index contributed by atoms with van der Waals surface area (Å²) in [4.78, 5) is 22.1. The fourth-order valence-electron chi connectivity index (χ4n) is 1.18. The van der Waals surface area contributed by atoms with Gasteiger partial charge in [0.1, 0.15) is 0 Å². The molecule has 110 valence electrons. The minimum atomic E-state index is -0.891. The van der Waals surface area contributed by atoms with Crippen molar-refractivity contribution in [3.05, 3.63) is 0 Å². The van der Waals surface area contributed by atoms with Gasteiger partial charge in [0.05, 0.1) is 13.2 Å². The van der Waals surface area contributed by atoms with Crippen molar-refractivity contribution in [2.24, 2.45) is 10.2 Å². The molecule has 0 spiro atoms. The molecule has 0 saturated carbocycles. The largest absolute Gasteiger partial charge is 0.452 e. The number of azo groups is 1. The molecule has 0 radical (unpaired) electrons. The van der Waals surface area contributed by atoms with E-state index in [2.05, 4.69) is 21.9 Å². The molecule has 0 aliphatic carbocycles. The van der Waals surface area contributed by atoms with Crippen LogP contribution < -0.4 is 0 Å². The van der Waals surface area contributed by atoms with E-state index in [1.165, 1.54) is 0 Å². The zero-order valence-corrected chi connectivity index (χ0v) is 12.0. The Morgan fingerprint density at radius 2 is 1.42 bits per heavy atom. The monoisotopic (exact) mass is 292 g/mol. The third kappa shape index (κ3) is 13.1. The number of rotatable bonds is 9. The van der Waals surface area contributed by atoms with Gasteiger partial charge in [-0.2, -0.15) is 0 Å². The van der Waals surface area contributed by atoms with Gasteiger partial charge in [-0.25, -0.2) is 9.59 Å². The van der Waals surface area contributed by atoms with Crippen molar-refractivity contribution in [3.63, 3.8) is 0 Å². The summed E-state index contributed by atoms with van der Waals surface area (Å²) >= 11 is 5.46. The van der Waals surface area contributed by atoms with Gasteiger partial charge in [0.2, 0.25) is 0 Å². The van der Waals surface area contributed by atoms with Crippen molar-refractivity contribution in [2.75, 3.05) is 19.1 Å². The van der Waals surface area contributed by atoms with Crippen molar-refractivity contribution in [1.82, 2.24) is 0 Å². The van der Waals surface area contributed by atoms with Gasteiger partial charge >= 0.3 is 12.2 Å². The summed E-state index contributed by atoms with van der Waals surface area (Å²) in [6.45, 7) is 2.61. The molecule has 2 amide bonds. The van der Waals surface area contributed by atoms with Crippen LogP contribution in [0.5, 0.6) is 0 Å². The van der Waals surface area contributed by atoms with Gasteiger partial charge in [-0.3, -0.25) is 0 Å². The molecule has 0 aromatic rings. The van der Waals surface area contributed by atoms with Crippen LogP contribution in [0.3, 0.4) is 0 Å². The zero-order valence-electron chi connectivity index (χ0n) is 11.3. The van der Waals surface area contributed by atoms with E-state index >= 15 is 0 Å². The van der Waals surface area contributed by atoms with E-state index in [-0.39, 0.29) is 6.61 Å². The number of halogens is 1. The van der Waals surface area contributed by atoms with Gasteiger partial charge in [-0.15, -0.1) is 11.6 Å². The van der Waals surface area contributed by atoms with Crippen LogP contribution in [0.2, 0.25) is 0 Å². The predicted molar refractivity (Wildman–Crippen MR) is 71.6 cm³/mol. The molecular formula is C12H21ClN2O4. The first-order valence-corrected chi connectivity index (χ1v) is 7.05. The van der Waals surface area contributed by atoms with E-state index in [0.29, 0.717) is 18.9 Å². The predicted octanol–water partition coefficient (Wildman–Crippen LogP) is 4.31. The Kier molecular flexibility index (Phi) is 12.4. The van der Waals surface area contributed by atoms with Crippen molar-refractivity contribution < 1.29 is 19.1 Å². The number of ether oxygens (including phenoxy) is 2. The molecule has 0 unspecified atom stereocenters. The van der Waals surface area contributed by atoms with Crippen LogP contribution in [0, 0.1) is 0 Å². The Morgan fingerprint density at radius 1 is 0.895 bits per heavy atom. The molecule has 0 bridgehead atoms. The maximum absolute atomic E-state index is 11.0. The lowest BCUT2D eigenvalue weighted by molar-refractivity contribution is 0.144. The quantitative estimate of drug-likeness (QED) is 0.360. The number of amides is 2. The van der Waals surface area contributed by atoms with Gasteiger partial charge in [0.15, 0.2) is 0 Å². The Balaban J connectivity index is 3.56.